The summed E-state index contributed by atoms with van der Waals surface area (Å²) in [5.41, 5.74) is 0.666. The van der Waals surface area contributed by atoms with Crippen molar-refractivity contribution in [3.05, 3.63) is 23.2 Å². The van der Waals surface area contributed by atoms with Crippen LogP contribution < -0.4 is 15.0 Å². The second-order valence-electron chi connectivity index (χ2n) is 6.14. The van der Waals surface area contributed by atoms with E-state index in [-0.39, 0.29) is 24.3 Å². The van der Waals surface area contributed by atoms with Gasteiger partial charge in [-0.15, -0.1) is 0 Å². The number of carbonyl (C=O) groups is 2. The normalized spacial score (nSPS) is 15.0. The Kier molecular flexibility index (Phi) is 6.91. The Morgan fingerprint density at radius 2 is 2.00 bits per heavy atom. The molecule has 24 heavy (non-hydrogen) atoms. The number of amides is 2. The number of nitrogens with zero attached hydrogens (tertiary/aromatic N) is 1. The van der Waals surface area contributed by atoms with Crippen molar-refractivity contribution >= 4 is 29.1 Å². The van der Waals surface area contributed by atoms with Crippen LogP contribution in [0.2, 0.25) is 5.02 Å². The molecule has 0 heterocycles. The quantitative estimate of drug-likeness (QED) is 0.851. The summed E-state index contributed by atoms with van der Waals surface area (Å²) in [5, 5.41) is 3.51. The van der Waals surface area contributed by atoms with E-state index < -0.39 is 0 Å². The third kappa shape index (κ3) is 5.13. The third-order valence-corrected chi connectivity index (χ3v) is 4.66. The highest BCUT2D eigenvalue weighted by Gasteiger charge is 2.18. The van der Waals surface area contributed by atoms with Gasteiger partial charge in [-0.3, -0.25) is 9.59 Å². The topological polar surface area (TPSA) is 58.6 Å². The summed E-state index contributed by atoms with van der Waals surface area (Å²) in [7, 11) is 1.54. The van der Waals surface area contributed by atoms with Crippen molar-refractivity contribution in [3.63, 3.8) is 0 Å². The van der Waals surface area contributed by atoms with E-state index in [9.17, 15) is 9.59 Å². The minimum absolute atomic E-state index is 0.00670. The standard InChI is InChI=1S/C18H25ClN2O3/c1-13(22)21(15-8-9-17(24-2)16(19)12-15)11-10-18(23)20-14-6-4-3-5-7-14/h8-9,12,14H,3-7,10-11H2,1-2H3,(H,20,23). The highest BCUT2D eigenvalue weighted by atomic mass is 35.5. The third-order valence-electron chi connectivity index (χ3n) is 4.36. The molecule has 0 bridgehead atoms. The minimum Gasteiger partial charge on any atom is -0.495 e. The molecule has 6 heteroatoms. The van der Waals surface area contributed by atoms with Crippen LogP contribution in [0.1, 0.15) is 45.4 Å². The van der Waals surface area contributed by atoms with Crippen molar-refractivity contribution in [1.29, 1.82) is 0 Å². The fourth-order valence-corrected chi connectivity index (χ4v) is 3.30. The molecule has 0 radical (unpaired) electrons. The van der Waals surface area contributed by atoms with E-state index in [1.165, 1.54) is 26.2 Å². The number of hydrogen-bond donors (Lipinski definition) is 1. The molecule has 0 saturated heterocycles. The monoisotopic (exact) mass is 352 g/mol. The lowest BCUT2D eigenvalue weighted by Crippen LogP contribution is -2.39. The van der Waals surface area contributed by atoms with E-state index in [1.54, 1.807) is 30.2 Å². The van der Waals surface area contributed by atoms with Crippen LogP contribution in [-0.2, 0) is 9.59 Å². The Morgan fingerprint density at radius 1 is 1.29 bits per heavy atom. The molecule has 5 nitrogen and oxygen atoms in total. The average molecular weight is 353 g/mol. The molecule has 0 aromatic heterocycles. The van der Waals surface area contributed by atoms with Gasteiger partial charge in [0.1, 0.15) is 5.75 Å². The number of hydrogen-bond acceptors (Lipinski definition) is 3. The van der Waals surface area contributed by atoms with Crippen molar-refractivity contribution < 1.29 is 14.3 Å². The van der Waals surface area contributed by atoms with Crippen LogP contribution in [0, 0.1) is 0 Å². The predicted molar refractivity (Wildman–Crippen MR) is 95.7 cm³/mol. The minimum atomic E-state index is -0.123. The molecule has 1 N–H and O–H groups in total. The van der Waals surface area contributed by atoms with Gasteiger partial charge in [-0.1, -0.05) is 30.9 Å². The Hall–Kier alpha value is -1.75. The van der Waals surface area contributed by atoms with Crippen LogP contribution in [0.5, 0.6) is 5.75 Å². The second-order valence-corrected chi connectivity index (χ2v) is 6.55. The van der Waals surface area contributed by atoms with Crippen molar-refractivity contribution in [3.8, 4) is 5.75 Å². The van der Waals surface area contributed by atoms with Gasteiger partial charge < -0.3 is 15.0 Å². The number of methoxy groups -OCH3 is 1. The van der Waals surface area contributed by atoms with Crippen LogP contribution in [0.4, 0.5) is 5.69 Å². The molecule has 1 aliphatic rings. The zero-order valence-corrected chi connectivity index (χ0v) is 15.1. The molecule has 132 valence electrons. The van der Waals surface area contributed by atoms with Gasteiger partial charge in [0.25, 0.3) is 0 Å². The lowest BCUT2D eigenvalue weighted by atomic mass is 9.95. The van der Waals surface area contributed by atoms with Crippen LogP contribution in [0.3, 0.4) is 0 Å². The molecule has 0 spiro atoms. The number of rotatable bonds is 6. The predicted octanol–water partition coefficient (Wildman–Crippen LogP) is 3.54. The Balaban J connectivity index is 1.94. The van der Waals surface area contributed by atoms with Crippen molar-refractivity contribution in [2.45, 2.75) is 51.5 Å². The number of nitrogens with one attached hydrogen (secondary N) is 1. The number of benzene rings is 1. The van der Waals surface area contributed by atoms with Gasteiger partial charge >= 0.3 is 0 Å². The summed E-state index contributed by atoms with van der Waals surface area (Å²) in [6.45, 7) is 1.81. The molecule has 0 unspecified atom stereocenters. The molecule has 1 fully saturated rings. The molecule has 1 aromatic carbocycles. The number of anilines is 1. The van der Waals surface area contributed by atoms with Crippen molar-refractivity contribution in [2.24, 2.45) is 0 Å². The lowest BCUT2D eigenvalue weighted by Gasteiger charge is -2.24. The number of carbonyl (C=O) groups excluding carboxylic acids is 2. The van der Waals surface area contributed by atoms with Gasteiger partial charge in [0.2, 0.25) is 11.8 Å². The van der Waals surface area contributed by atoms with Crippen molar-refractivity contribution in [1.82, 2.24) is 5.32 Å². The van der Waals surface area contributed by atoms with Crippen LogP contribution >= 0.6 is 11.6 Å². The van der Waals surface area contributed by atoms with Crippen LogP contribution in [0.25, 0.3) is 0 Å². The fourth-order valence-electron chi connectivity index (χ4n) is 3.05. The maximum absolute atomic E-state index is 12.1. The number of ether oxygens (including phenoxy) is 1. The first-order chi connectivity index (χ1) is 11.5. The zero-order valence-electron chi connectivity index (χ0n) is 14.3. The summed E-state index contributed by atoms with van der Waals surface area (Å²) in [4.78, 5) is 25.6. The van der Waals surface area contributed by atoms with Gasteiger partial charge in [-0.2, -0.15) is 0 Å². The molecule has 0 aliphatic heterocycles. The molecule has 1 aliphatic carbocycles. The highest BCUT2D eigenvalue weighted by Crippen LogP contribution is 2.29. The van der Waals surface area contributed by atoms with Gasteiger partial charge in [-0.05, 0) is 31.0 Å². The van der Waals surface area contributed by atoms with Gasteiger partial charge in [0.15, 0.2) is 0 Å². The fraction of sp³-hybridized carbons (Fsp3) is 0.556. The van der Waals surface area contributed by atoms with Crippen molar-refractivity contribution in [2.75, 3.05) is 18.6 Å². The smallest absolute Gasteiger partial charge is 0.223 e. The van der Waals surface area contributed by atoms with Gasteiger partial charge in [0.05, 0.1) is 12.1 Å². The van der Waals surface area contributed by atoms with Crippen LogP contribution in [-0.4, -0.2) is 31.5 Å². The van der Waals surface area contributed by atoms with E-state index in [0.29, 0.717) is 23.0 Å². The van der Waals surface area contributed by atoms with Gasteiger partial charge in [0, 0.05) is 31.6 Å². The molecular weight excluding hydrogens is 328 g/mol. The summed E-state index contributed by atoms with van der Waals surface area (Å²) in [5.74, 6) is 0.424. The first-order valence-corrected chi connectivity index (χ1v) is 8.80. The molecular formula is C18H25ClN2O3. The molecule has 0 atom stereocenters. The van der Waals surface area contributed by atoms with Gasteiger partial charge in [-0.25, -0.2) is 0 Å². The Morgan fingerprint density at radius 3 is 2.58 bits per heavy atom. The SMILES string of the molecule is COc1ccc(N(CCC(=O)NC2CCCCC2)C(C)=O)cc1Cl. The van der Waals surface area contributed by atoms with E-state index >= 15 is 0 Å². The number of halogens is 1. The first kappa shape index (κ1) is 18.6. The molecule has 2 rings (SSSR count). The van der Waals surface area contributed by atoms with E-state index in [4.69, 9.17) is 16.3 Å². The molecule has 1 saturated carbocycles. The average Bonchev–Trinajstić information content (AvgIpc) is 2.56. The highest BCUT2D eigenvalue weighted by molar-refractivity contribution is 6.32. The van der Waals surface area contributed by atoms with E-state index in [1.807, 2.05) is 0 Å². The summed E-state index contributed by atoms with van der Waals surface area (Å²) in [6, 6.07) is 5.45. The van der Waals surface area contributed by atoms with E-state index in [2.05, 4.69) is 5.32 Å². The first-order valence-electron chi connectivity index (χ1n) is 8.42. The molecule has 2 amide bonds. The lowest BCUT2D eigenvalue weighted by molar-refractivity contribution is -0.121. The van der Waals surface area contributed by atoms with E-state index in [0.717, 1.165) is 12.8 Å². The summed E-state index contributed by atoms with van der Waals surface area (Å²) >= 11 is 6.13. The maximum Gasteiger partial charge on any atom is 0.223 e. The molecule has 1 aromatic rings. The maximum atomic E-state index is 12.1. The Labute approximate surface area is 148 Å². The Bertz CT molecular complexity index is 586. The zero-order chi connectivity index (χ0) is 17.5. The second kappa shape index (κ2) is 8.92. The van der Waals surface area contributed by atoms with Crippen LogP contribution in [0.15, 0.2) is 18.2 Å². The largest absolute Gasteiger partial charge is 0.495 e. The summed E-state index contributed by atoms with van der Waals surface area (Å²) < 4.78 is 5.12. The summed E-state index contributed by atoms with van der Waals surface area (Å²) in [6.07, 6.45) is 5.98.